The molecule has 8 N–H and O–H groups in total. The van der Waals surface area contributed by atoms with Crippen LogP contribution in [0.5, 0.6) is 0 Å². The minimum atomic E-state index is -6.53. The first-order valence-corrected chi connectivity index (χ1v) is 19.9. The Labute approximate surface area is 448 Å². The average molecular weight is 1420 g/mol. The molecule has 0 amide bonds. The maximum absolute atomic E-state index is 13.0. The molecule has 0 saturated carbocycles. The molecule has 0 aromatic rings. The molecule has 0 atom stereocenters. The Hall–Kier alpha value is -3.28. The van der Waals surface area contributed by atoms with E-state index in [9.17, 15) is 142 Å². The number of carbonyl (C=O) groups excluding carboxylic acids is 8. The van der Waals surface area contributed by atoms with E-state index in [-0.39, 0.29) is 39.9 Å². The van der Waals surface area contributed by atoms with E-state index >= 15 is 0 Å². The maximum atomic E-state index is 13.0. The van der Waals surface area contributed by atoms with Crippen molar-refractivity contribution in [3.05, 3.63) is 0 Å². The Bertz CT molecular complexity index is 1810. The normalized spacial score (nSPS) is 14.2. The van der Waals surface area contributed by atoms with Crippen LogP contribution in [0, 0.1) is 61.6 Å². The molecule has 0 saturated heterocycles. The van der Waals surface area contributed by atoms with E-state index in [4.69, 9.17) is 19.2 Å². The molecule has 0 rings (SSSR count). The summed E-state index contributed by atoms with van der Waals surface area (Å²) >= 11 is 0. The summed E-state index contributed by atoms with van der Waals surface area (Å²) in [5.41, 5.74) is -4.62. The Morgan fingerprint density at radius 2 is 0.299 bits per heavy atom. The number of halogens is 28. The summed E-state index contributed by atoms with van der Waals surface area (Å²) in [5, 5.41) is 0. The number of hydrogen-bond acceptors (Lipinski definition) is 0. The third kappa shape index (κ3) is 20.7. The quantitative estimate of drug-likeness (QED) is 0.0814. The summed E-state index contributed by atoms with van der Waals surface area (Å²) in [6.45, 7) is 15.6. The molecular weight excluding hydrogens is 1370 g/mol. The van der Waals surface area contributed by atoms with Crippen molar-refractivity contribution in [1.82, 2.24) is 0 Å². The van der Waals surface area contributed by atoms with Crippen molar-refractivity contribution in [1.29, 1.82) is 0 Å². The first-order valence-electron chi connectivity index (χ1n) is 19.9. The molecule has 0 heterocycles. The second-order valence-electron chi connectivity index (χ2n) is 19.9. The van der Waals surface area contributed by atoms with Crippen molar-refractivity contribution < 1.29 is 201 Å². The first-order chi connectivity index (χ1) is 32.2. The number of ketones is 8. The fourth-order valence-corrected chi connectivity index (χ4v) is 3.58. The molecule has 0 aliphatic heterocycles. The van der Waals surface area contributed by atoms with Crippen molar-refractivity contribution in [2.24, 2.45) is 21.7 Å². The summed E-state index contributed by atoms with van der Waals surface area (Å²) in [4.78, 5) is 72.3. The van der Waals surface area contributed by atoms with Gasteiger partial charge in [-0.15, -0.1) is 0 Å². The monoisotopic (exact) mass is 1420 g/mol. The Balaban J connectivity index is -0.000000298. The second-order valence-corrected chi connectivity index (χ2v) is 19.9. The van der Waals surface area contributed by atoms with Gasteiger partial charge in [0, 0.05) is 39.9 Å². The number of hydrogen-bond donors (Lipinski definition) is 0. The SMILES string of the molecule is CC(C)(C)C(=[OH+])CC(=[OH+])C(F)(F)C(F)(F)C(F)(F)F.CC(C)(C)C(=[OH+])CC(=[OH+])C(F)(F)C(F)(F)C(F)(F)F.CC(C)(C)C(=[OH+])CC(=[OH+])C(F)(F)C(F)(F)C(F)(F)F.CC(C)(C)C(=[OH+])CC(=[OH+])C(F)(F)C(F)(F)C(F)(F)F.[Th]. The summed E-state index contributed by atoms with van der Waals surface area (Å²) in [6, 6.07) is 0. The van der Waals surface area contributed by atoms with Gasteiger partial charge in [0.1, 0.15) is 0 Å². The van der Waals surface area contributed by atoms with Gasteiger partial charge in [0.05, 0.1) is 21.7 Å². The van der Waals surface area contributed by atoms with Crippen LogP contribution in [0.15, 0.2) is 0 Å². The van der Waals surface area contributed by atoms with Crippen LogP contribution < -0.4 is 0 Å². The van der Waals surface area contributed by atoms with Crippen LogP contribution in [0.25, 0.3) is 0 Å². The summed E-state index contributed by atoms with van der Waals surface area (Å²) in [5.74, 6) is -62.2. The molecule has 0 spiro atoms. The molecule has 0 aliphatic rings. The van der Waals surface area contributed by atoms with Crippen LogP contribution in [0.2, 0.25) is 0 Å². The smallest absolute Gasteiger partial charge is 0.282 e. The molecule has 0 aliphatic carbocycles. The van der Waals surface area contributed by atoms with Crippen LogP contribution in [-0.4, -0.2) is 157 Å². The van der Waals surface area contributed by atoms with E-state index in [1.807, 2.05) is 0 Å². The summed E-state index contributed by atoms with van der Waals surface area (Å²) < 4.78 is 346. The fourth-order valence-electron chi connectivity index (χ4n) is 3.58. The zero-order valence-corrected chi connectivity index (χ0v) is 45.6. The van der Waals surface area contributed by atoms with Gasteiger partial charge in [0.2, 0.25) is 0 Å². The van der Waals surface area contributed by atoms with Gasteiger partial charge in [-0.25, -0.2) is 0 Å². The maximum Gasteiger partial charge on any atom is 0.460 e. The largest absolute Gasteiger partial charge is 0.460 e. The minimum absolute atomic E-state index is 0. The topological polar surface area (TPSA) is 171 Å². The van der Waals surface area contributed by atoms with Crippen molar-refractivity contribution in [2.75, 3.05) is 0 Å². The summed E-state index contributed by atoms with van der Waals surface area (Å²) in [7, 11) is 0. The summed E-state index contributed by atoms with van der Waals surface area (Å²) in [6.07, 6.45) is -32.0. The van der Waals surface area contributed by atoms with Crippen LogP contribution >= 0.6 is 0 Å². The molecular formula is C40H52F28O8Th+8. The number of alkyl halides is 28. The van der Waals surface area contributed by atoms with Crippen LogP contribution in [0.1, 0.15) is 109 Å². The van der Waals surface area contributed by atoms with E-state index in [2.05, 4.69) is 0 Å². The molecule has 452 valence electrons. The van der Waals surface area contributed by atoms with Crippen LogP contribution in [-0.2, 0) is 0 Å². The van der Waals surface area contributed by atoms with Gasteiger partial charge in [0.25, 0.3) is 0 Å². The Kier molecular flexibility index (Phi) is 27.5. The van der Waals surface area contributed by atoms with Crippen LogP contribution in [0.4, 0.5) is 123 Å². The zero-order valence-electron chi connectivity index (χ0n) is 41.5. The van der Waals surface area contributed by atoms with Gasteiger partial charge in [-0.1, -0.05) is 0 Å². The van der Waals surface area contributed by atoms with E-state index in [1.54, 1.807) is 0 Å². The van der Waals surface area contributed by atoms with E-state index in [0.29, 0.717) is 0 Å². The molecule has 0 fully saturated rings. The second kappa shape index (κ2) is 25.7. The Morgan fingerprint density at radius 3 is 0.364 bits per heavy atom. The fraction of sp³-hybridized carbons (Fsp3) is 0.800. The molecule has 0 radical (unpaired) electrons. The Morgan fingerprint density at radius 1 is 0.208 bits per heavy atom. The molecule has 0 aromatic heterocycles. The van der Waals surface area contributed by atoms with Gasteiger partial charge in [-0.2, -0.15) is 123 Å². The minimum Gasteiger partial charge on any atom is -0.282 e. The predicted molar refractivity (Wildman–Crippen MR) is 216 cm³/mol. The van der Waals surface area contributed by atoms with Crippen LogP contribution in [0.3, 0.4) is 0 Å². The third-order valence-electron chi connectivity index (χ3n) is 9.25. The van der Waals surface area contributed by atoms with Crippen molar-refractivity contribution in [3.8, 4) is 0 Å². The predicted octanol–water partition coefficient (Wildman–Crippen LogP) is 13.4. The van der Waals surface area contributed by atoms with Gasteiger partial charge < -0.3 is 0 Å². The molecule has 0 bridgehead atoms. The molecule has 0 aromatic carbocycles. The molecule has 0 unspecified atom stereocenters. The zero-order chi connectivity index (χ0) is 63.4. The molecule has 8 nitrogen and oxygen atoms in total. The molecule has 37 heteroatoms. The first kappa shape index (κ1) is 82.6. The van der Waals surface area contributed by atoms with Gasteiger partial charge >= 0.3 is 118 Å². The van der Waals surface area contributed by atoms with Gasteiger partial charge in [-0.05, 0) is 83.1 Å². The van der Waals surface area contributed by atoms with Crippen molar-refractivity contribution in [2.45, 2.75) is 181 Å². The standard InChI is InChI=1S/4C10H11F7O2.Th/c4*1-7(2,3)5(18)4-6(19)8(11,12)9(13,14)10(15,16)17;/h4*4H2,1-3H3;/p+8. The average Bonchev–Trinajstić information content (AvgIpc) is 3.14. The van der Waals surface area contributed by atoms with Crippen molar-refractivity contribution >= 4 is 46.3 Å². The van der Waals surface area contributed by atoms with E-state index < -0.39 is 166 Å². The number of rotatable bonds is 16. The third-order valence-corrected chi connectivity index (χ3v) is 9.25. The van der Waals surface area contributed by atoms with Crippen molar-refractivity contribution in [3.63, 3.8) is 0 Å². The van der Waals surface area contributed by atoms with Gasteiger partial charge in [0.15, 0.2) is 25.7 Å². The van der Waals surface area contributed by atoms with E-state index in [0.717, 1.165) is 0 Å². The van der Waals surface area contributed by atoms with E-state index in [1.165, 1.54) is 83.1 Å². The molecule has 77 heavy (non-hydrogen) atoms. The van der Waals surface area contributed by atoms with Gasteiger partial charge in [-0.3, -0.25) is 38.4 Å².